The summed E-state index contributed by atoms with van der Waals surface area (Å²) in [4.78, 5) is 61.4. The summed E-state index contributed by atoms with van der Waals surface area (Å²) in [5, 5.41) is 13.5. The fourth-order valence-corrected chi connectivity index (χ4v) is 4.10. The highest BCUT2D eigenvalue weighted by Crippen LogP contribution is 2.37. The number of benzene rings is 2. The molecule has 10 heteroatoms. The number of anilines is 2. The molecule has 1 N–H and O–H groups in total. The monoisotopic (exact) mass is 463 g/mol. The fourth-order valence-electron chi connectivity index (χ4n) is 4.10. The molecule has 174 valence electrons. The topological polar surface area (TPSA) is 136 Å². The smallest absolute Gasteiger partial charge is 0.338 e. The van der Waals surface area contributed by atoms with E-state index in [0.29, 0.717) is 24.1 Å². The maximum atomic E-state index is 12.7. The molecule has 1 aliphatic heterocycles. The molecule has 2 atom stereocenters. The first-order valence-electron chi connectivity index (χ1n) is 10.6. The Hall–Kier alpha value is -4.34. The number of carbonyl (C=O) groups is 4. The number of amides is 3. The van der Waals surface area contributed by atoms with Crippen molar-refractivity contribution in [2.24, 2.45) is 11.8 Å². The van der Waals surface area contributed by atoms with E-state index in [1.54, 1.807) is 6.92 Å². The molecule has 10 nitrogen and oxygen atoms in total. The first kappa shape index (κ1) is 22.8. The van der Waals surface area contributed by atoms with Crippen molar-refractivity contribution in [2.75, 3.05) is 16.8 Å². The van der Waals surface area contributed by atoms with Crippen LogP contribution < -0.4 is 10.2 Å². The number of imide groups is 1. The van der Waals surface area contributed by atoms with Crippen molar-refractivity contribution in [3.05, 3.63) is 75.9 Å². The van der Waals surface area contributed by atoms with Crippen molar-refractivity contribution < 1.29 is 28.8 Å². The summed E-state index contributed by atoms with van der Waals surface area (Å²) in [7, 11) is 0. The van der Waals surface area contributed by atoms with E-state index in [0.717, 1.165) is 4.90 Å². The van der Waals surface area contributed by atoms with Crippen molar-refractivity contribution in [1.82, 2.24) is 0 Å². The lowest BCUT2D eigenvalue weighted by Crippen LogP contribution is -2.30. The minimum Gasteiger partial charge on any atom is -0.452 e. The Labute approximate surface area is 194 Å². The predicted molar refractivity (Wildman–Crippen MR) is 121 cm³/mol. The standard InChI is InChI=1S/C24H21N3O7/c1-14-6-9-16(12-20(14)27(32)33)25-21(28)13-34-24(31)15-7-10-17(11-8-15)26-22(29)18-4-2-3-5-19(18)23(26)30/h2-3,6-12,18-19H,4-5,13H2,1H3,(H,25,28)/t18-,19+. The summed E-state index contributed by atoms with van der Waals surface area (Å²) in [6.45, 7) is 0.984. The van der Waals surface area contributed by atoms with E-state index in [9.17, 15) is 29.3 Å². The molecular weight excluding hydrogens is 442 g/mol. The van der Waals surface area contributed by atoms with E-state index < -0.39 is 23.4 Å². The van der Waals surface area contributed by atoms with Crippen LogP contribution in [0.4, 0.5) is 17.1 Å². The number of allylic oxidation sites excluding steroid dienone is 2. The van der Waals surface area contributed by atoms with Gasteiger partial charge in [0.1, 0.15) is 0 Å². The zero-order valence-electron chi connectivity index (χ0n) is 18.2. The number of carbonyl (C=O) groups excluding carboxylic acids is 4. The van der Waals surface area contributed by atoms with Crippen LogP contribution in [0.3, 0.4) is 0 Å². The molecule has 4 rings (SSSR count). The third-order valence-corrected chi connectivity index (χ3v) is 5.89. The maximum absolute atomic E-state index is 12.7. The van der Waals surface area contributed by atoms with Gasteiger partial charge in [-0.05, 0) is 50.1 Å². The summed E-state index contributed by atoms with van der Waals surface area (Å²) >= 11 is 0. The van der Waals surface area contributed by atoms with E-state index in [4.69, 9.17) is 4.74 Å². The van der Waals surface area contributed by atoms with Gasteiger partial charge in [-0.1, -0.05) is 18.2 Å². The van der Waals surface area contributed by atoms with Gasteiger partial charge in [0, 0.05) is 17.3 Å². The zero-order chi connectivity index (χ0) is 24.4. The Balaban J connectivity index is 1.35. The van der Waals surface area contributed by atoms with Gasteiger partial charge < -0.3 is 10.1 Å². The Bertz CT molecular complexity index is 1190. The SMILES string of the molecule is Cc1ccc(NC(=O)COC(=O)c2ccc(N3C(=O)[C@H]4CC=CC[C@H]4C3=O)cc2)cc1[N+](=O)[O-]. The Morgan fingerprint density at radius 1 is 1.06 bits per heavy atom. The van der Waals surface area contributed by atoms with Crippen molar-refractivity contribution in [3.8, 4) is 0 Å². The first-order valence-corrected chi connectivity index (χ1v) is 10.6. The van der Waals surface area contributed by atoms with Gasteiger partial charge >= 0.3 is 5.97 Å². The van der Waals surface area contributed by atoms with Gasteiger partial charge in [0.05, 0.1) is 28.0 Å². The molecular formula is C24H21N3O7. The molecule has 2 aliphatic rings. The Morgan fingerprint density at radius 3 is 2.26 bits per heavy atom. The Kier molecular flexibility index (Phi) is 6.22. The van der Waals surface area contributed by atoms with Gasteiger partial charge in [-0.3, -0.25) is 29.4 Å². The summed E-state index contributed by atoms with van der Waals surface area (Å²) in [6.07, 6.45) is 4.89. The number of fused-ring (bicyclic) bond motifs is 1. The summed E-state index contributed by atoms with van der Waals surface area (Å²) < 4.78 is 5.01. The van der Waals surface area contributed by atoms with Gasteiger partial charge in [-0.2, -0.15) is 0 Å². The van der Waals surface area contributed by atoms with Crippen LogP contribution in [0.15, 0.2) is 54.6 Å². The number of hydrogen-bond acceptors (Lipinski definition) is 7. The number of nitro groups is 1. The summed E-state index contributed by atoms with van der Waals surface area (Å²) in [6, 6.07) is 10.0. The number of aryl methyl sites for hydroxylation is 1. The van der Waals surface area contributed by atoms with Crippen LogP contribution in [-0.2, 0) is 19.1 Å². The average Bonchev–Trinajstić information content (AvgIpc) is 3.09. The second-order valence-corrected chi connectivity index (χ2v) is 8.10. The highest BCUT2D eigenvalue weighted by atomic mass is 16.6. The quantitative estimate of drug-likeness (QED) is 0.228. The molecule has 2 aromatic carbocycles. The molecule has 0 spiro atoms. The highest BCUT2D eigenvalue weighted by molar-refractivity contribution is 6.22. The van der Waals surface area contributed by atoms with E-state index >= 15 is 0 Å². The van der Waals surface area contributed by atoms with E-state index in [1.165, 1.54) is 42.5 Å². The van der Waals surface area contributed by atoms with Crippen molar-refractivity contribution in [2.45, 2.75) is 19.8 Å². The predicted octanol–water partition coefficient (Wildman–Crippen LogP) is 3.15. The van der Waals surface area contributed by atoms with Gasteiger partial charge in [-0.15, -0.1) is 0 Å². The number of nitro benzene ring substituents is 1. The van der Waals surface area contributed by atoms with Crippen LogP contribution in [0, 0.1) is 28.9 Å². The number of nitrogens with zero attached hydrogens (tertiary/aromatic N) is 2. The molecule has 3 amide bonds. The van der Waals surface area contributed by atoms with E-state index in [1.807, 2.05) is 12.2 Å². The van der Waals surface area contributed by atoms with Crippen molar-refractivity contribution >= 4 is 40.8 Å². The fraction of sp³-hybridized carbons (Fsp3) is 0.250. The van der Waals surface area contributed by atoms with Gasteiger partial charge in [0.25, 0.3) is 11.6 Å². The number of hydrogen-bond donors (Lipinski definition) is 1. The third kappa shape index (κ3) is 4.42. The molecule has 1 fully saturated rings. The third-order valence-electron chi connectivity index (χ3n) is 5.89. The zero-order valence-corrected chi connectivity index (χ0v) is 18.2. The van der Waals surface area contributed by atoms with Crippen LogP contribution >= 0.6 is 0 Å². The van der Waals surface area contributed by atoms with Crippen molar-refractivity contribution in [1.29, 1.82) is 0 Å². The lowest BCUT2D eigenvalue weighted by Gasteiger charge is -2.15. The second kappa shape index (κ2) is 9.26. The molecule has 34 heavy (non-hydrogen) atoms. The summed E-state index contributed by atoms with van der Waals surface area (Å²) in [5.41, 5.74) is 1.03. The largest absolute Gasteiger partial charge is 0.452 e. The first-order chi connectivity index (χ1) is 16.3. The Morgan fingerprint density at radius 2 is 1.68 bits per heavy atom. The van der Waals surface area contributed by atoms with Crippen molar-refractivity contribution in [3.63, 3.8) is 0 Å². The van der Waals surface area contributed by atoms with E-state index in [-0.39, 0.29) is 40.6 Å². The second-order valence-electron chi connectivity index (χ2n) is 8.10. The van der Waals surface area contributed by atoms with Crippen LogP contribution in [0.2, 0.25) is 0 Å². The molecule has 1 aliphatic carbocycles. The minimum atomic E-state index is -0.770. The maximum Gasteiger partial charge on any atom is 0.338 e. The number of nitrogens with one attached hydrogen (secondary N) is 1. The normalized spacial score (nSPS) is 19.0. The minimum absolute atomic E-state index is 0.139. The van der Waals surface area contributed by atoms with Crippen LogP contribution in [0.1, 0.15) is 28.8 Å². The molecule has 0 radical (unpaired) electrons. The molecule has 0 saturated carbocycles. The number of ether oxygens (including phenoxy) is 1. The van der Waals surface area contributed by atoms with Crippen LogP contribution in [0.5, 0.6) is 0 Å². The average molecular weight is 463 g/mol. The molecule has 0 bridgehead atoms. The number of rotatable bonds is 6. The molecule has 1 heterocycles. The van der Waals surface area contributed by atoms with E-state index in [2.05, 4.69) is 5.32 Å². The lowest BCUT2D eigenvalue weighted by molar-refractivity contribution is -0.385. The lowest BCUT2D eigenvalue weighted by atomic mass is 9.85. The highest BCUT2D eigenvalue weighted by Gasteiger charge is 2.47. The van der Waals surface area contributed by atoms with Gasteiger partial charge in [-0.25, -0.2) is 4.79 Å². The van der Waals surface area contributed by atoms with Gasteiger partial charge in [0.2, 0.25) is 11.8 Å². The van der Waals surface area contributed by atoms with Crippen LogP contribution in [-0.4, -0.2) is 35.2 Å². The molecule has 1 saturated heterocycles. The van der Waals surface area contributed by atoms with Crippen LogP contribution in [0.25, 0.3) is 0 Å². The molecule has 0 unspecified atom stereocenters. The van der Waals surface area contributed by atoms with Gasteiger partial charge in [0.15, 0.2) is 6.61 Å². The molecule has 0 aromatic heterocycles. The summed E-state index contributed by atoms with van der Waals surface area (Å²) in [5.74, 6) is -2.63. The number of esters is 1. The molecule has 2 aromatic rings.